The van der Waals surface area contributed by atoms with Crippen molar-refractivity contribution in [3.8, 4) is 0 Å². The van der Waals surface area contributed by atoms with Gasteiger partial charge in [0.05, 0.1) is 4.32 Å². The summed E-state index contributed by atoms with van der Waals surface area (Å²) in [6, 6.07) is 0. The summed E-state index contributed by atoms with van der Waals surface area (Å²) >= 11 is 3.48. The lowest BCUT2D eigenvalue weighted by molar-refractivity contribution is -0.140. The monoisotopic (exact) mass is 244 g/mol. The summed E-state index contributed by atoms with van der Waals surface area (Å²) in [6.07, 6.45) is 1.62. The summed E-state index contributed by atoms with van der Waals surface area (Å²) in [7, 11) is 0. The lowest BCUT2D eigenvalue weighted by Crippen LogP contribution is -2.38. The molecule has 0 aromatic rings. The van der Waals surface area contributed by atoms with Crippen LogP contribution in [0.3, 0.4) is 0 Å². The van der Waals surface area contributed by atoms with Crippen molar-refractivity contribution in [2.45, 2.75) is 37.9 Å². The van der Waals surface area contributed by atoms with Crippen molar-refractivity contribution in [1.29, 1.82) is 0 Å². The van der Waals surface area contributed by atoms with Crippen molar-refractivity contribution in [1.82, 2.24) is 0 Å². The van der Waals surface area contributed by atoms with Crippen LogP contribution in [0.5, 0.6) is 0 Å². The molecular weight excluding hydrogens is 232 g/mol. The molecule has 2 aliphatic rings. The smallest absolute Gasteiger partial charge is 0.216 e. The Morgan fingerprint density at radius 1 is 1.08 bits per heavy atom. The zero-order valence-corrected chi connectivity index (χ0v) is 9.69. The molecule has 0 amide bonds. The zero-order valence-electron chi connectivity index (χ0n) is 8.11. The molecule has 2 bridgehead atoms. The highest BCUT2D eigenvalue weighted by molar-refractivity contribution is 9.10. The van der Waals surface area contributed by atoms with Gasteiger partial charge in [-0.1, -0.05) is 36.7 Å². The van der Waals surface area contributed by atoms with E-state index < -0.39 is 9.74 Å². The molecule has 0 radical (unpaired) electrons. The average Bonchev–Trinajstić information content (AvgIpc) is 2.28. The van der Waals surface area contributed by atoms with Crippen LogP contribution < -0.4 is 0 Å². The Balaban J connectivity index is 2.68. The Morgan fingerprint density at radius 3 is 1.85 bits per heavy atom. The number of carbonyl (C=O) groups is 2. The van der Waals surface area contributed by atoms with Gasteiger partial charge in [0.2, 0.25) is 11.6 Å². The topological polar surface area (TPSA) is 34.1 Å². The number of fused-ring (bicyclic) bond motifs is 2. The Morgan fingerprint density at radius 2 is 1.62 bits per heavy atom. The Labute approximate surface area is 86.2 Å². The van der Waals surface area contributed by atoms with Gasteiger partial charge >= 0.3 is 0 Å². The van der Waals surface area contributed by atoms with E-state index in [9.17, 15) is 9.59 Å². The summed E-state index contributed by atoms with van der Waals surface area (Å²) < 4.78 is -0.578. The number of carbonyl (C=O) groups excluding carboxylic acids is 2. The molecule has 0 heterocycles. The van der Waals surface area contributed by atoms with Gasteiger partial charge in [-0.05, 0) is 12.8 Å². The lowest BCUT2D eigenvalue weighted by atomic mass is 9.70. The number of halogens is 1. The second-order valence-electron chi connectivity index (χ2n) is 4.92. The molecule has 72 valence electrons. The molecule has 2 aliphatic carbocycles. The summed E-state index contributed by atoms with van der Waals surface area (Å²) in [5, 5.41) is 0. The third-order valence-electron chi connectivity index (χ3n) is 4.41. The molecule has 2 fully saturated rings. The van der Waals surface area contributed by atoms with Crippen LogP contribution in [0, 0.1) is 10.8 Å². The minimum Gasteiger partial charge on any atom is -0.290 e. The SMILES string of the molecule is CC1(C)[C@@]2(C)CC[C@]1(Br)C(=O)C2=O. The molecule has 0 N–H and O–H groups in total. The highest BCUT2D eigenvalue weighted by Crippen LogP contribution is 2.67. The van der Waals surface area contributed by atoms with Gasteiger partial charge in [0.25, 0.3) is 0 Å². The number of Topliss-reactive ketones (excluding diaryl/α,β-unsaturated/α-hetero) is 2. The third-order valence-corrected chi connectivity index (χ3v) is 6.15. The van der Waals surface area contributed by atoms with Crippen LogP contribution in [-0.4, -0.2) is 15.9 Å². The van der Waals surface area contributed by atoms with E-state index in [1.807, 2.05) is 20.8 Å². The minimum absolute atomic E-state index is 0.180. The van der Waals surface area contributed by atoms with Gasteiger partial charge in [-0.15, -0.1) is 0 Å². The van der Waals surface area contributed by atoms with Gasteiger partial charge in [-0.3, -0.25) is 9.59 Å². The maximum Gasteiger partial charge on any atom is 0.216 e. The first-order valence-electron chi connectivity index (χ1n) is 4.55. The summed E-state index contributed by atoms with van der Waals surface area (Å²) in [5.74, 6) is -0.396. The van der Waals surface area contributed by atoms with Crippen molar-refractivity contribution in [2.75, 3.05) is 0 Å². The standard InChI is InChI=1S/C10H13BrO2/c1-8(2)9(3)4-5-10(8,11)7(13)6(9)12/h4-5H2,1-3H3/t9-,10-/m0/s1. The quantitative estimate of drug-likeness (QED) is 0.483. The Kier molecular flexibility index (Phi) is 1.50. The Bertz CT molecular complexity index is 291. The first-order chi connectivity index (χ1) is 5.77. The summed E-state index contributed by atoms with van der Waals surface area (Å²) in [5.41, 5.74) is -0.679. The van der Waals surface area contributed by atoms with E-state index in [0.29, 0.717) is 0 Å². The molecule has 2 saturated carbocycles. The van der Waals surface area contributed by atoms with Crippen LogP contribution in [0.25, 0.3) is 0 Å². The van der Waals surface area contributed by atoms with E-state index in [1.54, 1.807) is 0 Å². The van der Waals surface area contributed by atoms with Crippen LogP contribution in [-0.2, 0) is 9.59 Å². The fourth-order valence-corrected chi connectivity index (χ4v) is 3.53. The number of alkyl halides is 1. The zero-order chi connectivity index (χ0) is 10.1. The second-order valence-corrected chi connectivity index (χ2v) is 6.27. The van der Waals surface area contributed by atoms with Crippen molar-refractivity contribution in [3.05, 3.63) is 0 Å². The first-order valence-corrected chi connectivity index (χ1v) is 5.35. The first kappa shape index (κ1) is 9.38. The van der Waals surface area contributed by atoms with E-state index in [0.717, 1.165) is 12.8 Å². The van der Waals surface area contributed by atoms with Crippen molar-refractivity contribution in [3.63, 3.8) is 0 Å². The van der Waals surface area contributed by atoms with E-state index in [4.69, 9.17) is 0 Å². The molecule has 2 atom stereocenters. The highest BCUT2D eigenvalue weighted by atomic mass is 79.9. The molecule has 2 nitrogen and oxygen atoms in total. The van der Waals surface area contributed by atoms with Crippen LogP contribution >= 0.6 is 15.9 Å². The number of hydrogen-bond donors (Lipinski definition) is 0. The average molecular weight is 245 g/mol. The molecule has 2 rings (SSSR count). The summed E-state index contributed by atoms with van der Waals surface area (Å²) in [6.45, 7) is 5.94. The predicted octanol–water partition coefficient (Wildman–Crippen LogP) is 2.10. The number of rotatable bonds is 0. The third kappa shape index (κ3) is 0.684. The molecular formula is C10H13BrO2. The normalized spacial score (nSPS) is 47.4. The fraction of sp³-hybridized carbons (Fsp3) is 0.800. The van der Waals surface area contributed by atoms with E-state index in [-0.39, 0.29) is 17.0 Å². The van der Waals surface area contributed by atoms with E-state index >= 15 is 0 Å². The maximum atomic E-state index is 11.7. The van der Waals surface area contributed by atoms with Crippen molar-refractivity contribution in [2.24, 2.45) is 10.8 Å². The molecule has 0 aromatic carbocycles. The maximum absolute atomic E-state index is 11.7. The highest BCUT2D eigenvalue weighted by Gasteiger charge is 2.74. The molecule has 3 heteroatoms. The van der Waals surface area contributed by atoms with Gasteiger partial charge in [0.15, 0.2) is 0 Å². The van der Waals surface area contributed by atoms with Crippen molar-refractivity contribution < 1.29 is 9.59 Å². The molecule has 0 spiro atoms. The van der Waals surface area contributed by atoms with E-state index in [1.165, 1.54) is 0 Å². The van der Waals surface area contributed by atoms with Gasteiger partial charge in [-0.2, -0.15) is 0 Å². The minimum atomic E-state index is -0.578. The number of ketones is 2. The van der Waals surface area contributed by atoms with Gasteiger partial charge in [0.1, 0.15) is 0 Å². The van der Waals surface area contributed by atoms with Crippen LogP contribution in [0.2, 0.25) is 0 Å². The second kappa shape index (κ2) is 2.08. The van der Waals surface area contributed by atoms with Crippen LogP contribution in [0.15, 0.2) is 0 Å². The predicted molar refractivity (Wildman–Crippen MR) is 52.8 cm³/mol. The van der Waals surface area contributed by atoms with Crippen LogP contribution in [0.4, 0.5) is 0 Å². The molecule has 13 heavy (non-hydrogen) atoms. The lowest BCUT2D eigenvalue weighted by Gasteiger charge is -2.34. The van der Waals surface area contributed by atoms with Gasteiger partial charge in [-0.25, -0.2) is 0 Å². The van der Waals surface area contributed by atoms with Crippen molar-refractivity contribution >= 4 is 27.5 Å². The Hall–Kier alpha value is -0.180. The van der Waals surface area contributed by atoms with Gasteiger partial charge < -0.3 is 0 Å². The van der Waals surface area contributed by atoms with Gasteiger partial charge in [0, 0.05) is 10.8 Å². The molecule has 0 aliphatic heterocycles. The molecule has 0 aromatic heterocycles. The summed E-state index contributed by atoms with van der Waals surface area (Å²) in [4.78, 5) is 23.4. The fourth-order valence-electron chi connectivity index (χ4n) is 2.71. The molecule has 0 saturated heterocycles. The molecule has 0 unspecified atom stereocenters. The largest absolute Gasteiger partial charge is 0.290 e. The van der Waals surface area contributed by atoms with Crippen LogP contribution in [0.1, 0.15) is 33.6 Å². The number of hydrogen-bond acceptors (Lipinski definition) is 2. The van der Waals surface area contributed by atoms with E-state index in [2.05, 4.69) is 15.9 Å².